The Kier molecular flexibility index (Phi) is 4.62. The fourth-order valence-electron chi connectivity index (χ4n) is 2.77. The Morgan fingerprint density at radius 2 is 2.07 bits per heavy atom. The van der Waals surface area contributed by atoms with Crippen molar-refractivity contribution >= 4 is 0 Å². The van der Waals surface area contributed by atoms with Crippen LogP contribution in [-0.4, -0.2) is 32.7 Å². The summed E-state index contributed by atoms with van der Waals surface area (Å²) < 4.78 is 39.9. The number of hydrogen-bond donors (Lipinski definition) is 1. The molecule has 0 aliphatic carbocycles. The molecule has 0 unspecified atom stereocenters. The second-order valence-electron chi connectivity index (χ2n) is 6.01. The van der Waals surface area contributed by atoms with Gasteiger partial charge < -0.3 is 15.2 Å². The van der Waals surface area contributed by atoms with Gasteiger partial charge in [-0.3, -0.25) is 0 Å². The SMILES string of the molecule is NC/C(=C\F)Cn1ncn(-c2ncc(-c3ccc4c(c3)OCO4)cc2F)c1=O. The lowest BCUT2D eigenvalue weighted by atomic mass is 10.1. The van der Waals surface area contributed by atoms with Crippen molar-refractivity contribution in [3.05, 3.63) is 65.0 Å². The first-order valence-corrected chi connectivity index (χ1v) is 8.29. The highest BCUT2D eigenvalue weighted by molar-refractivity contribution is 5.67. The van der Waals surface area contributed by atoms with Gasteiger partial charge in [0.2, 0.25) is 6.79 Å². The van der Waals surface area contributed by atoms with E-state index in [4.69, 9.17) is 15.2 Å². The lowest BCUT2D eigenvalue weighted by molar-refractivity contribution is 0.174. The summed E-state index contributed by atoms with van der Waals surface area (Å²) >= 11 is 0. The molecule has 144 valence electrons. The lowest BCUT2D eigenvalue weighted by Gasteiger charge is -2.06. The first-order valence-electron chi connectivity index (χ1n) is 8.29. The molecule has 3 aromatic rings. The molecule has 0 amide bonds. The highest BCUT2D eigenvalue weighted by Gasteiger charge is 2.17. The van der Waals surface area contributed by atoms with Gasteiger partial charge >= 0.3 is 5.69 Å². The molecule has 3 heterocycles. The molecule has 1 aliphatic heterocycles. The van der Waals surface area contributed by atoms with Crippen LogP contribution in [0, 0.1) is 5.82 Å². The molecule has 2 N–H and O–H groups in total. The smallest absolute Gasteiger partial charge is 0.351 e. The lowest BCUT2D eigenvalue weighted by Crippen LogP contribution is -2.26. The number of nitrogens with zero attached hydrogens (tertiary/aromatic N) is 4. The Balaban J connectivity index is 1.66. The number of aromatic nitrogens is 4. The number of benzene rings is 1. The van der Waals surface area contributed by atoms with Crippen LogP contribution in [0.3, 0.4) is 0 Å². The summed E-state index contributed by atoms with van der Waals surface area (Å²) in [7, 11) is 0. The molecule has 8 nitrogen and oxygen atoms in total. The van der Waals surface area contributed by atoms with Crippen molar-refractivity contribution in [1.29, 1.82) is 0 Å². The van der Waals surface area contributed by atoms with E-state index in [2.05, 4.69) is 10.1 Å². The van der Waals surface area contributed by atoms with Crippen LogP contribution >= 0.6 is 0 Å². The highest BCUT2D eigenvalue weighted by atomic mass is 19.1. The molecular weight excluding hydrogens is 372 g/mol. The predicted molar refractivity (Wildman–Crippen MR) is 95.4 cm³/mol. The molecule has 0 bridgehead atoms. The second kappa shape index (κ2) is 7.24. The summed E-state index contributed by atoms with van der Waals surface area (Å²) in [6.45, 7) is -0.0525. The molecule has 10 heteroatoms. The zero-order valence-corrected chi connectivity index (χ0v) is 14.5. The van der Waals surface area contributed by atoms with E-state index in [1.807, 2.05) is 0 Å². The molecule has 0 spiro atoms. The molecule has 0 atom stereocenters. The summed E-state index contributed by atoms with van der Waals surface area (Å²) in [6.07, 6.45) is 2.89. The maximum absolute atomic E-state index is 14.7. The fourth-order valence-corrected chi connectivity index (χ4v) is 2.77. The van der Waals surface area contributed by atoms with Gasteiger partial charge in [-0.05, 0) is 29.3 Å². The molecule has 2 aromatic heterocycles. The van der Waals surface area contributed by atoms with Gasteiger partial charge in [0, 0.05) is 18.3 Å². The van der Waals surface area contributed by atoms with Crippen LogP contribution in [-0.2, 0) is 6.54 Å². The van der Waals surface area contributed by atoms with E-state index in [0.29, 0.717) is 29.0 Å². The minimum Gasteiger partial charge on any atom is -0.454 e. The Morgan fingerprint density at radius 1 is 1.25 bits per heavy atom. The van der Waals surface area contributed by atoms with E-state index in [1.54, 1.807) is 18.2 Å². The van der Waals surface area contributed by atoms with E-state index in [0.717, 1.165) is 15.6 Å². The van der Waals surface area contributed by atoms with Crippen molar-refractivity contribution in [2.24, 2.45) is 5.73 Å². The van der Waals surface area contributed by atoms with Crippen molar-refractivity contribution in [3.63, 3.8) is 0 Å². The molecule has 0 fully saturated rings. The monoisotopic (exact) mass is 387 g/mol. The molecule has 4 rings (SSSR count). The molecule has 1 aliphatic rings. The third-order valence-electron chi connectivity index (χ3n) is 4.26. The molecular formula is C18H15F2N5O3. The topological polar surface area (TPSA) is 97.2 Å². The average Bonchev–Trinajstić information content (AvgIpc) is 3.32. The van der Waals surface area contributed by atoms with E-state index in [1.165, 1.54) is 12.3 Å². The minimum atomic E-state index is -0.711. The third-order valence-corrected chi connectivity index (χ3v) is 4.26. The van der Waals surface area contributed by atoms with Crippen LogP contribution in [0.1, 0.15) is 0 Å². The number of rotatable bonds is 5. The summed E-state index contributed by atoms with van der Waals surface area (Å²) in [5.74, 6) is 0.263. The van der Waals surface area contributed by atoms with Gasteiger partial charge in [0.1, 0.15) is 6.33 Å². The summed E-state index contributed by atoms with van der Waals surface area (Å²) in [5.41, 5.74) is 6.10. The normalized spacial score (nSPS) is 13.2. The van der Waals surface area contributed by atoms with Gasteiger partial charge in [0.05, 0.1) is 12.9 Å². The Labute approximate surface area is 157 Å². The average molecular weight is 387 g/mol. The van der Waals surface area contributed by atoms with Gasteiger partial charge in [0.15, 0.2) is 23.1 Å². The zero-order valence-electron chi connectivity index (χ0n) is 14.5. The number of pyridine rings is 1. The number of halogens is 2. The summed E-state index contributed by atoms with van der Waals surface area (Å²) in [4.78, 5) is 16.5. The van der Waals surface area contributed by atoms with Gasteiger partial charge in [-0.2, -0.15) is 5.10 Å². The Hall–Kier alpha value is -3.53. The maximum Gasteiger partial charge on any atom is 0.351 e. The predicted octanol–water partition coefficient (Wildman–Crippen LogP) is 1.78. The number of ether oxygens (including phenoxy) is 2. The second-order valence-corrected chi connectivity index (χ2v) is 6.01. The van der Waals surface area contributed by atoms with Crippen LogP contribution in [0.15, 0.2) is 53.5 Å². The Morgan fingerprint density at radius 3 is 2.82 bits per heavy atom. The number of nitrogens with two attached hydrogens (primary N) is 1. The van der Waals surface area contributed by atoms with E-state index in [9.17, 15) is 13.6 Å². The largest absolute Gasteiger partial charge is 0.454 e. The molecule has 1 aromatic carbocycles. The van der Waals surface area contributed by atoms with E-state index < -0.39 is 11.5 Å². The first-order chi connectivity index (χ1) is 13.6. The van der Waals surface area contributed by atoms with Crippen molar-refractivity contribution < 1.29 is 18.3 Å². The van der Waals surface area contributed by atoms with Crippen LogP contribution in [0.25, 0.3) is 16.9 Å². The zero-order chi connectivity index (χ0) is 19.7. The molecule has 28 heavy (non-hydrogen) atoms. The van der Waals surface area contributed by atoms with Gasteiger partial charge in [-0.25, -0.2) is 27.8 Å². The summed E-state index contributed by atoms with van der Waals surface area (Å²) in [5, 5.41) is 3.86. The summed E-state index contributed by atoms with van der Waals surface area (Å²) in [6, 6.07) is 6.47. The van der Waals surface area contributed by atoms with Crippen LogP contribution in [0.2, 0.25) is 0 Å². The van der Waals surface area contributed by atoms with Crippen molar-refractivity contribution in [2.45, 2.75) is 6.54 Å². The van der Waals surface area contributed by atoms with E-state index in [-0.39, 0.29) is 31.3 Å². The van der Waals surface area contributed by atoms with Crippen LogP contribution < -0.4 is 20.9 Å². The van der Waals surface area contributed by atoms with Gasteiger partial charge in [-0.1, -0.05) is 6.07 Å². The van der Waals surface area contributed by atoms with E-state index >= 15 is 0 Å². The number of hydrogen-bond acceptors (Lipinski definition) is 6. The molecule has 0 radical (unpaired) electrons. The van der Waals surface area contributed by atoms with Crippen LogP contribution in [0.5, 0.6) is 11.5 Å². The first kappa shape index (κ1) is 17.9. The standard InChI is InChI=1S/C18H15F2N5O3/c19-5-11(6-21)8-25-18(26)24(9-23-25)17-14(20)3-13(7-22-17)12-1-2-15-16(4-12)28-10-27-15/h1-5,7,9H,6,8,10,21H2/b11-5+. The fraction of sp³-hybridized carbons (Fsp3) is 0.167. The minimum absolute atomic E-state index is 0.0629. The molecule has 0 saturated heterocycles. The van der Waals surface area contributed by atoms with Crippen molar-refractivity contribution in [1.82, 2.24) is 19.3 Å². The quantitative estimate of drug-likeness (QED) is 0.717. The number of fused-ring (bicyclic) bond motifs is 1. The van der Waals surface area contributed by atoms with Gasteiger partial charge in [-0.15, -0.1) is 0 Å². The molecule has 0 saturated carbocycles. The Bertz CT molecular complexity index is 1120. The van der Waals surface area contributed by atoms with Gasteiger partial charge in [0.25, 0.3) is 0 Å². The van der Waals surface area contributed by atoms with Crippen LogP contribution in [0.4, 0.5) is 8.78 Å². The highest BCUT2D eigenvalue weighted by Crippen LogP contribution is 2.36. The van der Waals surface area contributed by atoms with Crippen molar-refractivity contribution in [2.75, 3.05) is 13.3 Å². The maximum atomic E-state index is 14.7. The third kappa shape index (κ3) is 3.14. The van der Waals surface area contributed by atoms with Crippen molar-refractivity contribution in [3.8, 4) is 28.4 Å².